The van der Waals surface area contributed by atoms with Crippen LogP contribution in [0.5, 0.6) is 11.5 Å². The van der Waals surface area contributed by atoms with Crippen molar-refractivity contribution >= 4 is 28.4 Å². The van der Waals surface area contributed by atoms with E-state index in [0.717, 1.165) is 10.9 Å². The fraction of sp³-hybridized carbons (Fsp3) is 0.158. The number of carbonyl (C=O) groups excluding carboxylic acids is 2. The Hall–Kier alpha value is -3.48. The molecule has 132 valence electrons. The summed E-state index contributed by atoms with van der Waals surface area (Å²) in [6, 6.07) is 14.6. The Morgan fingerprint density at radius 3 is 2.77 bits per heavy atom. The molecule has 2 heterocycles. The molecule has 2 aromatic carbocycles. The highest BCUT2D eigenvalue weighted by Crippen LogP contribution is 2.34. The number of H-pyrrole nitrogens is 1. The van der Waals surface area contributed by atoms with E-state index < -0.39 is 0 Å². The largest absolute Gasteiger partial charge is 0.454 e. The summed E-state index contributed by atoms with van der Waals surface area (Å²) in [6.45, 7) is 0.428. The van der Waals surface area contributed by atoms with E-state index in [9.17, 15) is 9.59 Å². The summed E-state index contributed by atoms with van der Waals surface area (Å²) < 4.78 is 10.5. The number of aromatic nitrogens is 1. The number of fused-ring (bicyclic) bond motifs is 2. The molecule has 0 radical (unpaired) electrons. The molecule has 4 rings (SSSR count). The van der Waals surface area contributed by atoms with Crippen LogP contribution in [0, 0.1) is 0 Å². The number of amides is 2. The second-order valence-corrected chi connectivity index (χ2v) is 5.89. The Morgan fingerprint density at radius 2 is 1.88 bits per heavy atom. The third-order valence-corrected chi connectivity index (χ3v) is 4.07. The van der Waals surface area contributed by atoms with Crippen molar-refractivity contribution in [2.75, 3.05) is 18.7 Å². The summed E-state index contributed by atoms with van der Waals surface area (Å²) in [5, 5.41) is 6.49. The van der Waals surface area contributed by atoms with E-state index in [1.165, 1.54) is 0 Å². The second kappa shape index (κ2) is 6.79. The van der Waals surface area contributed by atoms with Crippen molar-refractivity contribution in [2.45, 2.75) is 6.42 Å². The Kier molecular flexibility index (Phi) is 4.18. The van der Waals surface area contributed by atoms with Gasteiger partial charge in [0, 0.05) is 35.6 Å². The van der Waals surface area contributed by atoms with Crippen LogP contribution >= 0.6 is 0 Å². The van der Waals surface area contributed by atoms with E-state index in [2.05, 4.69) is 15.6 Å². The maximum atomic E-state index is 12.2. The number of anilines is 1. The van der Waals surface area contributed by atoms with Crippen LogP contribution in [0.25, 0.3) is 10.9 Å². The average molecular weight is 351 g/mol. The zero-order valence-corrected chi connectivity index (χ0v) is 13.9. The van der Waals surface area contributed by atoms with Gasteiger partial charge in [0.15, 0.2) is 11.5 Å². The predicted octanol–water partition coefficient (Wildman–Crippen LogP) is 2.66. The topological polar surface area (TPSA) is 92.5 Å². The van der Waals surface area contributed by atoms with Crippen molar-refractivity contribution in [3.05, 3.63) is 54.2 Å². The van der Waals surface area contributed by atoms with Gasteiger partial charge in [0.25, 0.3) is 5.91 Å². The molecule has 7 heteroatoms. The van der Waals surface area contributed by atoms with Crippen LogP contribution < -0.4 is 20.1 Å². The third-order valence-electron chi connectivity index (χ3n) is 4.07. The summed E-state index contributed by atoms with van der Waals surface area (Å²) in [5.74, 6) is 0.835. The predicted molar refractivity (Wildman–Crippen MR) is 96.4 cm³/mol. The van der Waals surface area contributed by atoms with E-state index in [-0.39, 0.29) is 31.6 Å². The van der Waals surface area contributed by atoms with Crippen LogP contribution in [0.1, 0.15) is 16.9 Å². The molecule has 0 fully saturated rings. The molecule has 0 saturated heterocycles. The van der Waals surface area contributed by atoms with Crippen LogP contribution in [-0.4, -0.2) is 30.1 Å². The molecule has 26 heavy (non-hydrogen) atoms. The number of para-hydroxylation sites is 1. The van der Waals surface area contributed by atoms with Gasteiger partial charge in [0.2, 0.25) is 12.7 Å². The minimum atomic E-state index is -0.239. The minimum absolute atomic E-state index is 0.167. The molecule has 3 N–H and O–H groups in total. The maximum Gasteiger partial charge on any atom is 0.267 e. The van der Waals surface area contributed by atoms with Crippen LogP contribution in [0.15, 0.2) is 48.5 Å². The Labute approximate surface area is 149 Å². The van der Waals surface area contributed by atoms with Gasteiger partial charge in [-0.25, -0.2) is 0 Å². The van der Waals surface area contributed by atoms with E-state index in [1.54, 1.807) is 24.3 Å². The quantitative estimate of drug-likeness (QED) is 0.659. The van der Waals surface area contributed by atoms with Crippen LogP contribution in [0.2, 0.25) is 0 Å². The minimum Gasteiger partial charge on any atom is -0.454 e. The molecule has 7 nitrogen and oxygen atoms in total. The molecule has 0 aliphatic carbocycles. The number of rotatable bonds is 5. The van der Waals surface area contributed by atoms with E-state index in [4.69, 9.17) is 9.47 Å². The second-order valence-electron chi connectivity index (χ2n) is 5.89. The first-order chi connectivity index (χ1) is 12.7. The van der Waals surface area contributed by atoms with E-state index in [0.29, 0.717) is 22.9 Å². The fourth-order valence-electron chi connectivity index (χ4n) is 2.78. The van der Waals surface area contributed by atoms with Gasteiger partial charge in [-0.2, -0.15) is 0 Å². The monoisotopic (exact) mass is 351 g/mol. The van der Waals surface area contributed by atoms with Crippen LogP contribution in [-0.2, 0) is 4.79 Å². The molecular weight excluding hydrogens is 334 g/mol. The zero-order valence-electron chi connectivity index (χ0n) is 13.9. The lowest BCUT2D eigenvalue weighted by atomic mass is 10.2. The first-order valence-electron chi connectivity index (χ1n) is 8.24. The highest BCUT2D eigenvalue weighted by Gasteiger charge is 2.14. The van der Waals surface area contributed by atoms with Crippen molar-refractivity contribution in [3.63, 3.8) is 0 Å². The first kappa shape index (κ1) is 16.0. The lowest BCUT2D eigenvalue weighted by Crippen LogP contribution is -2.27. The zero-order chi connectivity index (χ0) is 17.9. The van der Waals surface area contributed by atoms with E-state index in [1.807, 2.05) is 24.3 Å². The number of hydrogen-bond donors (Lipinski definition) is 3. The number of ether oxygens (including phenoxy) is 2. The standard InChI is InChI=1S/C19H17N3O4/c23-18(21-13-5-6-16-17(10-13)26-11-25-16)7-8-20-19(24)15-9-12-3-1-2-4-14(12)22-15/h1-6,9-10,22H,7-8,11H2,(H,20,24)(H,21,23). The molecule has 1 aliphatic rings. The SMILES string of the molecule is O=C(CCNC(=O)c1cc2ccccc2[nH]1)Nc1ccc2c(c1)OCO2. The third kappa shape index (κ3) is 3.32. The van der Waals surface area contributed by atoms with E-state index >= 15 is 0 Å². The highest BCUT2D eigenvalue weighted by atomic mass is 16.7. The summed E-state index contributed by atoms with van der Waals surface area (Å²) in [7, 11) is 0. The van der Waals surface area contributed by atoms with Crippen molar-refractivity contribution in [2.24, 2.45) is 0 Å². The Balaban J connectivity index is 1.28. The summed E-state index contributed by atoms with van der Waals surface area (Å²) in [5.41, 5.74) is 2.00. The molecule has 3 aromatic rings. The van der Waals surface area contributed by atoms with Crippen molar-refractivity contribution in [3.8, 4) is 11.5 Å². The summed E-state index contributed by atoms with van der Waals surface area (Å²) in [4.78, 5) is 27.3. The normalized spacial score (nSPS) is 12.2. The summed E-state index contributed by atoms with van der Waals surface area (Å²) >= 11 is 0. The van der Waals surface area contributed by atoms with Crippen molar-refractivity contribution < 1.29 is 19.1 Å². The first-order valence-corrected chi connectivity index (χ1v) is 8.24. The molecule has 0 bridgehead atoms. The molecule has 2 amide bonds. The van der Waals surface area contributed by atoms with Gasteiger partial charge >= 0.3 is 0 Å². The molecule has 0 unspecified atom stereocenters. The van der Waals surface area contributed by atoms with Gasteiger partial charge in [-0.15, -0.1) is 0 Å². The van der Waals surface area contributed by atoms with Crippen LogP contribution in [0.3, 0.4) is 0 Å². The molecular formula is C19H17N3O4. The lowest BCUT2D eigenvalue weighted by molar-refractivity contribution is -0.116. The lowest BCUT2D eigenvalue weighted by Gasteiger charge is -2.07. The number of aromatic amines is 1. The van der Waals surface area contributed by atoms with Gasteiger partial charge in [-0.1, -0.05) is 18.2 Å². The van der Waals surface area contributed by atoms with Crippen molar-refractivity contribution in [1.82, 2.24) is 10.3 Å². The van der Waals surface area contributed by atoms with Gasteiger partial charge in [-0.05, 0) is 24.3 Å². The Morgan fingerprint density at radius 1 is 1.04 bits per heavy atom. The van der Waals surface area contributed by atoms with Crippen LogP contribution in [0.4, 0.5) is 5.69 Å². The maximum absolute atomic E-state index is 12.2. The molecule has 0 spiro atoms. The number of carbonyl (C=O) groups is 2. The fourth-order valence-corrected chi connectivity index (χ4v) is 2.78. The summed E-state index contributed by atoms with van der Waals surface area (Å²) in [6.07, 6.45) is 0.167. The molecule has 1 aromatic heterocycles. The molecule has 1 aliphatic heterocycles. The van der Waals surface area contributed by atoms with Gasteiger partial charge in [0.1, 0.15) is 5.69 Å². The number of hydrogen-bond acceptors (Lipinski definition) is 4. The van der Waals surface area contributed by atoms with Gasteiger partial charge < -0.3 is 25.1 Å². The smallest absolute Gasteiger partial charge is 0.267 e. The molecule has 0 saturated carbocycles. The number of nitrogens with one attached hydrogen (secondary N) is 3. The Bertz CT molecular complexity index is 947. The average Bonchev–Trinajstić information content (AvgIpc) is 3.27. The van der Waals surface area contributed by atoms with Gasteiger partial charge in [-0.3, -0.25) is 9.59 Å². The number of benzene rings is 2. The highest BCUT2D eigenvalue weighted by molar-refractivity contribution is 5.98. The van der Waals surface area contributed by atoms with Crippen molar-refractivity contribution in [1.29, 1.82) is 0 Å². The molecule has 0 atom stereocenters. The van der Waals surface area contributed by atoms with Gasteiger partial charge in [0.05, 0.1) is 0 Å².